The molecule has 0 unspecified atom stereocenters. The van der Waals surface area contributed by atoms with Crippen LogP contribution in [0.5, 0.6) is 0 Å². The molecule has 0 aromatic rings. The lowest BCUT2D eigenvalue weighted by Crippen LogP contribution is -2.24. The topological polar surface area (TPSA) is 91.7 Å². The maximum atomic E-state index is 10.9. The fourth-order valence-electron chi connectivity index (χ4n) is 1.37. The molecule has 1 heterocycles. The van der Waals surface area contributed by atoms with Crippen LogP contribution in [0.25, 0.3) is 0 Å². The van der Waals surface area contributed by atoms with Gasteiger partial charge in [0.05, 0.1) is 17.4 Å². The number of carboxylic acid groups (broad SMARTS) is 1. The molecule has 0 aromatic carbocycles. The van der Waals surface area contributed by atoms with E-state index in [0.29, 0.717) is 0 Å². The van der Waals surface area contributed by atoms with Crippen LogP contribution in [0.15, 0.2) is 0 Å². The van der Waals surface area contributed by atoms with Gasteiger partial charge in [0.15, 0.2) is 9.84 Å². The molecule has 0 aliphatic carbocycles. The molecular weight excluding hydrogens is 184 g/mol. The van der Waals surface area contributed by atoms with E-state index in [1.165, 1.54) is 0 Å². The van der Waals surface area contributed by atoms with Crippen LogP contribution in [0.3, 0.4) is 0 Å². The largest absolute Gasteiger partial charge is 0.481 e. The van der Waals surface area contributed by atoms with Crippen molar-refractivity contribution in [3.8, 4) is 0 Å². The number of sulfone groups is 1. The highest BCUT2D eigenvalue weighted by molar-refractivity contribution is 7.91. The zero-order valence-corrected chi connectivity index (χ0v) is 7.12. The summed E-state index contributed by atoms with van der Waals surface area (Å²) >= 11 is 0. The molecule has 0 bridgehead atoms. The van der Waals surface area contributed by atoms with Crippen LogP contribution < -0.4 is 0 Å². The van der Waals surface area contributed by atoms with Crippen molar-refractivity contribution < 1.29 is 23.4 Å². The Morgan fingerprint density at radius 3 is 2.33 bits per heavy atom. The van der Waals surface area contributed by atoms with Gasteiger partial charge in [-0.05, 0) is 0 Å². The van der Waals surface area contributed by atoms with Crippen LogP contribution in [0, 0.1) is 11.8 Å². The molecule has 1 aliphatic rings. The maximum Gasteiger partial charge on any atom is 0.307 e. The number of aliphatic hydroxyl groups is 1. The minimum absolute atomic E-state index is 0.208. The summed E-state index contributed by atoms with van der Waals surface area (Å²) in [5.74, 6) is -3.25. The monoisotopic (exact) mass is 194 g/mol. The summed E-state index contributed by atoms with van der Waals surface area (Å²) in [5, 5.41) is 17.3. The molecule has 12 heavy (non-hydrogen) atoms. The third kappa shape index (κ3) is 1.75. The van der Waals surface area contributed by atoms with Crippen molar-refractivity contribution in [3.63, 3.8) is 0 Å². The Morgan fingerprint density at radius 2 is 2.00 bits per heavy atom. The number of carboxylic acids is 1. The summed E-state index contributed by atoms with van der Waals surface area (Å²) in [6.07, 6.45) is 0. The molecule has 1 saturated heterocycles. The third-order valence-corrected chi connectivity index (χ3v) is 3.83. The number of carbonyl (C=O) groups is 1. The van der Waals surface area contributed by atoms with E-state index in [-0.39, 0.29) is 18.1 Å². The predicted octanol–water partition coefficient (Wildman–Crippen LogP) is -1.28. The summed E-state index contributed by atoms with van der Waals surface area (Å²) in [6, 6.07) is 0. The van der Waals surface area contributed by atoms with Crippen LogP contribution in [0.4, 0.5) is 0 Å². The van der Waals surface area contributed by atoms with Crippen molar-refractivity contribution in [2.45, 2.75) is 0 Å². The fraction of sp³-hybridized carbons (Fsp3) is 0.833. The van der Waals surface area contributed by atoms with Gasteiger partial charge in [-0.3, -0.25) is 4.79 Å². The summed E-state index contributed by atoms with van der Waals surface area (Å²) in [7, 11) is -3.24. The van der Waals surface area contributed by atoms with Crippen molar-refractivity contribution in [2.75, 3.05) is 18.1 Å². The number of aliphatic carboxylic acids is 1. The highest BCUT2D eigenvalue weighted by Crippen LogP contribution is 2.24. The first-order chi connectivity index (χ1) is 5.46. The fourth-order valence-corrected chi connectivity index (χ4v) is 3.46. The lowest BCUT2D eigenvalue weighted by Gasteiger charge is -2.08. The minimum atomic E-state index is -3.24. The van der Waals surface area contributed by atoms with Gasteiger partial charge in [0.25, 0.3) is 0 Å². The highest BCUT2D eigenvalue weighted by atomic mass is 32.2. The lowest BCUT2D eigenvalue weighted by molar-refractivity contribution is -0.142. The van der Waals surface area contributed by atoms with Crippen LogP contribution in [-0.4, -0.2) is 42.7 Å². The quantitative estimate of drug-likeness (QED) is 0.571. The van der Waals surface area contributed by atoms with Gasteiger partial charge in [-0.2, -0.15) is 0 Å². The number of rotatable bonds is 2. The van der Waals surface area contributed by atoms with Crippen molar-refractivity contribution in [1.29, 1.82) is 0 Å². The van der Waals surface area contributed by atoms with Crippen LogP contribution in [-0.2, 0) is 14.6 Å². The molecule has 0 spiro atoms. The van der Waals surface area contributed by atoms with Crippen molar-refractivity contribution >= 4 is 15.8 Å². The minimum Gasteiger partial charge on any atom is -0.481 e. The van der Waals surface area contributed by atoms with Gasteiger partial charge < -0.3 is 10.2 Å². The molecule has 0 radical (unpaired) electrons. The zero-order chi connectivity index (χ0) is 9.35. The van der Waals surface area contributed by atoms with Gasteiger partial charge in [0.1, 0.15) is 0 Å². The second-order valence-corrected chi connectivity index (χ2v) is 5.12. The summed E-state index contributed by atoms with van der Waals surface area (Å²) in [5.41, 5.74) is 0. The predicted molar refractivity (Wildman–Crippen MR) is 40.4 cm³/mol. The Morgan fingerprint density at radius 1 is 1.42 bits per heavy atom. The summed E-state index contributed by atoms with van der Waals surface area (Å²) in [6.45, 7) is -0.379. The Bertz CT molecular complexity index is 280. The average Bonchev–Trinajstić information content (AvgIpc) is 2.25. The molecule has 1 rings (SSSR count). The molecule has 6 heteroatoms. The molecule has 0 aromatic heterocycles. The summed E-state index contributed by atoms with van der Waals surface area (Å²) in [4.78, 5) is 10.5. The normalized spacial score (nSPS) is 33.4. The van der Waals surface area contributed by atoms with E-state index in [4.69, 9.17) is 10.2 Å². The van der Waals surface area contributed by atoms with Crippen LogP contribution in [0.1, 0.15) is 0 Å². The molecule has 2 N–H and O–H groups in total. The first kappa shape index (κ1) is 9.47. The Kier molecular flexibility index (Phi) is 2.39. The van der Waals surface area contributed by atoms with Gasteiger partial charge in [0, 0.05) is 12.5 Å². The standard InChI is InChI=1S/C6H10O5S/c7-1-4-2-12(10,11)3-5(4)6(8)9/h4-5,7H,1-3H2,(H,8,9)/t4-,5+/m0/s1. The van der Waals surface area contributed by atoms with Gasteiger partial charge in [-0.25, -0.2) is 8.42 Å². The second kappa shape index (κ2) is 3.02. The molecule has 1 aliphatic heterocycles. The van der Waals surface area contributed by atoms with E-state index in [1.54, 1.807) is 0 Å². The third-order valence-electron chi connectivity index (χ3n) is 2.02. The second-order valence-electron chi connectivity index (χ2n) is 2.96. The van der Waals surface area contributed by atoms with Gasteiger partial charge in [-0.15, -0.1) is 0 Å². The SMILES string of the molecule is O=C(O)[C@@H]1CS(=O)(=O)C[C@@H]1CO. The molecule has 2 atom stereocenters. The van der Waals surface area contributed by atoms with Crippen molar-refractivity contribution in [2.24, 2.45) is 11.8 Å². The molecule has 0 saturated carbocycles. The van der Waals surface area contributed by atoms with Crippen LogP contribution in [0.2, 0.25) is 0 Å². The number of hydrogen-bond donors (Lipinski definition) is 2. The smallest absolute Gasteiger partial charge is 0.307 e. The van der Waals surface area contributed by atoms with E-state index in [1.807, 2.05) is 0 Å². The Labute approximate surface area is 69.9 Å². The molecule has 5 nitrogen and oxygen atoms in total. The van der Waals surface area contributed by atoms with Crippen molar-refractivity contribution in [1.82, 2.24) is 0 Å². The first-order valence-electron chi connectivity index (χ1n) is 3.50. The maximum absolute atomic E-state index is 10.9. The van der Waals surface area contributed by atoms with Gasteiger partial charge in [0.2, 0.25) is 0 Å². The van der Waals surface area contributed by atoms with Crippen molar-refractivity contribution in [3.05, 3.63) is 0 Å². The van der Waals surface area contributed by atoms with E-state index in [9.17, 15) is 13.2 Å². The Hall–Kier alpha value is -0.620. The highest BCUT2D eigenvalue weighted by Gasteiger charge is 2.41. The van der Waals surface area contributed by atoms with E-state index >= 15 is 0 Å². The first-order valence-corrected chi connectivity index (χ1v) is 5.32. The average molecular weight is 194 g/mol. The molecule has 0 amide bonds. The zero-order valence-electron chi connectivity index (χ0n) is 6.30. The molecular formula is C6H10O5S. The van der Waals surface area contributed by atoms with Crippen LogP contribution >= 0.6 is 0 Å². The summed E-state index contributed by atoms with van der Waals surface area (Å²) < 4.78 is 21.9. The van der Waals surface area contributed by atoms with E-state index in [2.05, 4.69) is 0 Å². The van der Waals surface area contributed by atoms with Gasteiger partial charge >= 0.3 is 5.97 Å². The van der Waals surface area contributed by atoms with E-state index < -0.39 is 27.6 Å². The van der Waals surface area contributed by atoms with Gasteiger partial charge in [-0.1, -0.05) is 0 Å². The number of hydrogen-bond acceptors (Lipinski definition) is 4. The Balaban J connectivity index is 2.83. The molecule has 70 valence electrons. The van der Waals surface area contributed by atoms with E-state index in [0.717, 1.165) is 0 Å². The lowest BCUT2D eigenvalue weighted by atomic mass is 9.97. The molecule has 1 fully saturated rings. The number of aliphatic hydroxyl groups excluding tert-OH is 1.